The molecule has 0 bridgehead atoms. The summed E-state index contributed by atoms with van der Waals surface area (Å²) in [6, 6.07) is 9.40. The number of benzene rings is 2. The second kappa shape index (κ2) is 7.09. The van der Waals surface area contributed by atoms with E-state index in [1.807, 2.05) is 0 Å². The summed E-state index contributed by atoms with van der Waals surface area (Å²) >= 11 is 17.8. The first-order valence-corrected chi connectivity index (χ1v) is 7.32. The van der Waals surface area contributed by atoms with E-state index in [0.29, 0.717) is 26.6 Å². The first-order valence-electron chi connectivity index (χ1n) is 6.18. The Morgan fingerprint density at radius 2 is 1.59 bits per heavy atom. The maximum Gasteiger partial charge on any atom is 0.344 e. The van der Waals surface area contributed by atoms with Gasteiger partial charge in [-0.25, -0.2) is 4.79 Å². The van der Waals surface area contributed by atoms with Crippen LogP contribution in [-0.4, -0.2) is 17.2 Å². The molecule has 0 radical (unpaired) electrons. The van der Waals surface area contributed by atoms with E-state index in [4.69, 9.17) is 49.4 Å². The zero-order chi connectivity index (χ0) is 16.3. The monoisotopic (exact) mass is 360 g/mol. The maximum atomic E-state index is 10.9. The van der Waals surface area contributed by atoms with E-state index in [1.54, 1.807) is 24.3 Å². The topological polar surface area (TPSA) is 55.8 Å². The van der Waals surface area contributed by atoms with Crippen LogP contribution in [0.5, 0.6) is 17.2 Å². The molecule has 0 saturated heterocycles. The third-order valence-corrected chi connectivity index (χ3v) is 3.44. The molecule has 4 nitrogen and oxygen atoms in total. The molecule has 1 atom stereocenters. The molecule has 0 heterocycles. The van der Waals surface area contributed by atoms with Gasteiger partial charge in [-0.05, 0) is 37.3 Å². The number of halogens is 3. The lowest BCUT2D eigenvalue weighted by Gasteiger charge is -2.16. The molecule has 116 valence electrons. The normalized spacial score (nSPS) is 11.8. The number of carbonyl (C=O) groups is 1. The highest BCUT2D eigenvalue weighted by molar-refractivity contribution is 6.35. The van der Waals surface area contributed by atoms with Crippen molar-refractivity contribution < 1.29 is 19.4 Å². The van der Waals surface area contributed by atoms with Crippen LogP contribution in [0.2, 0.25) is 15.1 Å². The van der Waals surface area contributed by atoms with E-state index in [9.17, 15) is 4.79 Å². The van der Waals surface area contributed by atoms with Crippen molar-refractivity contribution in [1.29, 1.82) is 0 Å². The lowest BCUT2D eigenvalue weighted by atomic mass is 10.3. The van der Waals surface area contributed by atoms with Gasteiger partial charge in [-0.1, -0.05) is 34.8 Å². The Morgan fingerprint density at radius 3 is 2.18 bits per heavy atom. The molecule has 0 aliphatic heterocycles. The van der Waals surface area contributed by atoms with Crippen LogP contribution < -0.4 is 9.47 Å². The van der Waals surface area contributed by atoms with E-state index in [0.717, 1.165) is 0 Å². The SMILES string of the molecule is C[C@H](Oc1cc(Cl)ccc1Oc1ccc(Cl)cc1Cl)C(=O)O. The van der Waals surface area contributed by atoms with Crippen molar-refractivity contribution in [2.75, 3.05) is 0 Å². The molecule has 22 heavy (non-hydrogen) atoms. The molecule has 0 unspecified atom stereocenters. The fourth-order valence-corrected chi connectivity index (χ4v) is 2.18. The largest absolute Gasteiger partial charge is 0.479 e. The molecule has 0 aromatic heterocycles. The minimum atomic E-state index is -1.10. The molecule has 2 aromatic rings. The average Bonchev–Trinajstić information content (AvgIpc) is 2.44. The van der Waals surface area contributed by atoms with Crippen LogP contribution in [0.25, 0.3) is 0 Å². The maximum absolute atomic E-state index is 10.9. The van der Waals surface area contributed by atoms with Crippen molar-refractivity contribution in [3.05, 3.63) is 51.5 Å². The Morgan fingerprint density at radius 1 is 1.00 bits per heavy atom. The standard InChI is InChI=1S/C15H11Cl3O4/c1-8(15(19)20)21-14-7-10(17)3-5-13(14)22-12-4-2-9(16)6-11(12)18/h2-8H,1H3,(H,19,20)/t8-/m0/s1. The fraction of sp³-hybridized carbons (Fsp3) is 0.133. The minimum absolute atomic E-state index is 0.202. The van der Waals surface area contributed by atoms with E-state index < -0.39 is 12.1 Å². The smallest absolute Gasteiger partial charge is 0.344 e. The van der Waals surface area contributed by atoms with Gasteiger partial charge in [-0.2, -0.15) is 0 Å². The summed E-state index contributed by atoms with van der Waals surface area (Å²) in [6.07, 6.45) is -1.05. The van der Waals surface area contributed by atoms with Crippen molar-refractivity contribution in [2.24, 2.45) is 0 Å². The van der Waals surface area contributed by atoms with Gasteiger partial charge in [-0.15, -0.1) is 0 Å². The quantitative estimate of drug-likeness (QED) is 0.786. The van der Waals surface area contributed by atoms with Crippen LogP contribution in [0.4, 0.5) is 0 Å². The molecule has 0 saturated carbocycles. The zero-order valence-corrected chi connectivity index (χ0v) is 13.6. The average molecular weight is 362 g/mol. The number of aliphatic carboxylic acids is 1. The van der Waals surface area contributed by atoms with Crippen molar-refractivity contribution in [3.8, 4) is 17.2 Å². The first-order chi connectivity index (χ1) is 10.4. The predicted molar refractivity (Wildman–Crippen MR) is 85.7 cm³/mol. The van der Waals surface area contributed by atoms with Gasteiger partial charge in [0.05, 0.1) is 5.02 Å². The highest BCUT2D eigenvalue weighted by atomic mass is 35.5. The van der Waals surface area contributed by atoms with E-state index in [2.05, 4.69) is 0 Å². The summed E-state index contributed by atoms with van der Waals surface area (Å²) in [5.41, 5.74) is 0. The van der Waals surface area contributed by atoms with Gasteiger partial charge in [0.2, 0.25) is 0 Å². The predicted octanol–water partition coefficient (Wildman–Crippen LogP) is 5.29. The van der Waals surface area contributed by atoms with Gasteiger partial charge >= 0.3 is 5.97 Å². The zero-order valence-electron chi connectivity index (χ0n) is 11.3. The molecule has 0 amide bonds. The Bertz CT molecular complexity index is 703. The summed E-state index contributed by atoms with van der Waals surface area (Å²) in [5.74, 6) is -0.244. The van der Waals surface area contributed by atoms with Crippen molar-refractivity contribution in [3.63, 3.8) is 0 Å². The van der Waals surface area contributed by atoms with Crippen LogP contribution in [0.1, 0.15) is 6.92 Å². The van der Waals surface area contributed by atoms with E-state index in [-0.39, 0.29) is 5.75 Å². The van der Waals surface area contributed by atoms with Crippen molar-refractivity contribution in [2.45, 2.75) is 13.0 Å². The number of ether oxygens (including phenoxy) is 2. The van der Waals surface area contributed by atoms with Crippen molar-refractivity contribution >= 4 is 40.8 Å². The summed E-state index contributed by atoms with van der Waals surface area (Å²) < 4.78 is 11.0. The molecule has 0 aliphatic carbocycles. The van der Waals surface area contributed by atoms with Gasteiger partial charge in [0.15, 0.2) is 17.6 Å². The molecule has 1 N–H and O–H groups in total. The number of carboxylic acid groups (broad SMARTS) is 1. The highest BCUT2D eigenvalue weighted by Gasteiger charge is 2.17. The molecule has 0 fully saturated rings. The lowest BCUT2D eigenvalue weighted by Crippen LogP contribution is -2.23. The Hall–Kier alpha value is -1.62. The molecule has 0 spiro atoms. The fourth-order valence-electron chi connectivity index (χ4n) is 1.58. The molecule has 2 aromatic carbocycles. The molecule has 7 heteroatoms. The second-order valence-corrected chi connectivity index (χ2v) is 5.65. The van der Waals surface area contributed by atoms with Crippen LogP contribution >= 0.6 is 34.8 Å². The summed E-state index contributed by atoms with van der Waals surface area (Å²) in [7, 11) is 0. The summed E-state index contributed by atoms with van der Waals surface area (Å²) in [6.45, 7) is 1.41. The van der Waals surface area contributed by atoms with Crippen LogP contribution in [0, 0.1) is 0 Å². The highest BCUT2D eigenvalue weighted by Crippen LogP contribution is 2.38. The Labute approximate surface area is 142 Å². The Balaban J connectivity index is 2.32. The van der Waals surface area contributed by atoms with Gasteiger partial charge in [-0.3, -0.25) is 0 Å². The van der Waals surface area contributed by atoms with Crippen LogP contribution in [0.15, 0.2) is 36.4 Å². The number of rotatable bonds is 5. The first kappa shape index (κ1) is 16.7. The van der Waals surface area contributed by atoms with Gasteiger partial charge < -0.3 is 14.6 Å². The Kier molecular flexibility index (Phi) is 5.40. The number of hydrogen-bond acceptors (Lipinski definition) is 3. The van der Waals surface area contributed by atoms with Gasteiger partial charge in [0.25, 0.3) is 0 Å². The minimum Gasteiger partial charge on any atom is -0.479 e. The lowest BCUT2D eigenvalue weighted by molar-refractivity contribution is -0.144. The molecule has 2 rings (SSSR count). The second-order valence-electron chi connectivity index (χ2n) is 4.37. The summed E-state index contributed by atoms with van der Waals surface area (Å²) in [4.78, 5) is 10.9. The third-order valence-electron chi connectivity index (χ3n) is 2.67. The van der Waals surface area contributed by atoms with Crippen LogP contribution in [-0.2, 0) is 4.79 Å². The number of carboxylic acids is 1. The van der Waals surface area contributed by atoms with Crippen molar-refractivity contribution in [1.82, 2.24) is 0 Å². The third kappa shape index (κ3) is 4.19. The van der Waals surface area contributed by atoms with Crippen LogP contribution in [0.3, 0.4) is 0 Å². The van der Waals surface area contributed by atoms with E-state index in [1.165, 1.54) is 19.1 Å². The van der Waals surface area contributed by atoms with Gasteiger partial charge in [0.1, 0.15) is 5.75 Å². The van der Waals surface area contributed by atoms with E-state index >= 15 is 0 Å². The molecular formula is C15H11Cl3O4. The number of hydrogen-bond donors (Lipinski definition) is 1. The molecular weight excluding hydrogens is 351 g/mol. The van der Waals surface area contributed by atoms with Gasteiger partial charge in [0, 0.05) is 16.1 Å². The molecule has 0 aliphatic rings. The summed E-state index contributed by atoms with van der Waals surface area (Å²) in [5, 5.41) is 10.1.